The summed E-state index contributed by atoms with van der Waals surface area (Å²) < 4.78 is 40.6. The Morgan fingerprint density at radius 2 is 2.00 bits per heavy atom. The molecule has 25 heavy (non-hydrogen) atoms. The topological polar surface area (TPSA) is 44.8 Å². The van der Waals surface area contributed by atoms with Gasteiger partial charge in [-0.15, -0.1) is 0 Å². The molecule has 0 fully saturated rings. The van der Waals surface area contributed by atoms with Gasteiger partial charge in [0.1, 0.15) is 12.4 Å². The maximum atomic E-state index is 12.6. The highest BCUT2D eigenvalue weighted by molar-refractivity contribution is 9.10. The third-order valence-corrected chi connectivity index (χ3v) is 4.10. The fourth-order valence-corrected chi connectivity index (χ4v) is 2.84. The van der Waals surface area contributed by atoms with Crippen molar-refractivity contribution >= 4 is 27.8 Å². The van der Waals surface area contributed by atoms with Gasteiger partial charge in [0.2, 0.25) is 0 Å². The first kappa shape index (κ1) is 17.4. The molecule has 0 amide bonds. The summed E-state index contributed by atoms with van der Waals surface area (Å²) in [6, 6.07) is 9.69. The van der Waals surface area contributed by atoms with Crippen LogP contribution >= 0.6 is 15.9 Å². The first-order valence-corrected chi connectivity index (χ1v) is 8.07. The van der Waals surface area contributed by atoms with Gasteiger partial charge >= 0.3 is 6.61 Å². The summed E-state index contributed by atoms with van der Waals surface area (Å²) in [5.74, 6) is 0.472. The molecule has 1 aliphatic rings. The van der Waals surface area contributed by atoms with Crippen molar-refractivity contribution in [2.75, 3.05) is 13.7 Å². The summed E-state index contributed by atoms with van der Waals surface area (Å²) >= 11 is 3.33. The van der Waals surface area contributed by atoms with E-state index in [1.165, 1.54) is 19.2 Å². The van der Waals surface area contributed by atoms with Crippen LogP contribution in [0.4, 0.5) is 8.78 Å². The Bertz CT molecular complexity index is 849. The van der Waals surface area contributed by atoms with Crippen LogP contribution in [0.5, 0.6) is 17.2 Å². The van der Waals surface area contributed by atoms with Crippen molar-refractivity contribution in [1.29, 1.82) is 0 Å². The van der Waals surface area contributed by atoms with Crippen molar-refractivity contribution in [2.24, 2.45) is 0 Å². The molecule has 0 spiro atoms. The van der Waals surface area contributed by atoms with Crippen LogP contribution in [-0.4, -0.2) is 26.1 Å². The van der Waals surface area contributed by atoms with E-state index in [9.17, 15) is 13.6 Å². The van der Waals surface area contributed by atoms with Crippen LogP contribution in [0.3, 0.4) is 0 Å². The predicted molar refractivity (Wildman–Crippen MR) is 91.6 cm³/mol. The lowest BCUT2D eigenvalue weighted by molar-refractivity contribution is -0.0512. The number of ketones is 1. The molecule has 0 bridgehead atoms. The number of fused-ring (bicyclic) bond motifs is 1. The molecule has 2 aromatic carbocycles. The molecule has 7 heteroatoms. The molecule has 0 radical (unpaired) electrons. The summed E-state index contributed by atoms with van der Waals surface area (Å²) in [4.78, 5) is 12.6. The highest BCUT2D eigenvalue weighted by Crippen LogP contribution is 2.33. The highest BCUT2D eigenvalue weighted by Gasteiger charge is 2.23. The van der Waals surface area contributed by atoms with Crippen molar-refractivity contribution in [2.45, 2.75) is 6.61 Å². The number of methoxy groups -OCH3 is 1. The van der Waals surface area contributed by atoms with Crippen LogP contribution in [0.2, 0.25) is 0 Å². The molecular weight excluding hydrogens is 398 g/mol. The molecule has 0 aromatic heterocycles. The van der Waals surface area contributed by atoms with Gasteiger partial charge < -0.3 is 14.2 Å². The zero-order valence-electron chi connectivity index (χ0n) is 13.1. The third kappa shape index (κ3) is 3.82. The predicted octanol–water partition coefficient (Wildman–Crippen LogP) is 4.72. The van der Waals surface area contributed by atoms with Crippen LogP contribution in [0, 0.1) is 0 Å². The summed E-state index contributed by atoms with van der Waals surface area (Å²) in [6.45, 7) is -2.81. The molecule has 0 N–H and O–H groups in total. The lowest BCUT2D eigenvalue weighted by atomic mass is 9.98. The molecule has 4 nitrogen and oxygen atoms in total. The Morgan fingerprint density at radius 1 is 1.20 bits per heavy atom. The second kappa shape index (κ2) is 7.23. The Kier molecular flexibility index (Phi) is 5.03. The molecule has 2 aromatic rings. The Balaban J connectivity index is 1.92. The summed E-state index contributed by atoms with van der Waals surface area (Å²) in [5, 5.41) is 0. The maximum absolute atomic E-state index is 12.6. The molecule has 0 saturated heterocycles. The average molecular weight is 411 g/mol. The van der Waals surface area contributed by atoms with Crippen molar-refractivity contribution in [3.05, 3.63) is 57.6 Å². The van der Waals surface area contributed by atoms with E-state index >= 15 is 0 Å². The van der Waals surface area contributed by atoms with Crippen LogP contribution in [-0.2, 0) is 0 Å². The fourth-order valence-electron chi connectivity index (χ4n) is 2.48. The zero-order valence-corrected chi connectivity index (χ0v) is 14.7. The van der Waals surface area contributed by atoms with E-state index in [-0.39, 0.29) is 23.9 Å². The average Bonchev–Trinajstić information content (AvgIpc) is 2.58. The Labute approximate surface area is 151 Å². The van der Waals surface area contributed by atoms with E-state index in [4.69, 9.17) is 9.47 Å². The van der Waals surface area contributed by atoms with Gasteiger partial charge in [-0.1, -0.05) is 22.0 Å². The number of benzene rings is 2. The molecule has 1 heterocycles. The lowest BCUT2D eigenvalue weighted by Gasteiger charge is -2.19. The zero-order chi connectivity index (χ0) is 18.0. The van der Waals surface area contributed by atoms with E-state index in [0.717, 1.165) is 4.47 Å². The van der Waals surface area contributed by atoms with Crippen molar-refractivity contribution < 1.29 is 27.8 Å². The number of ether oxygens (including phenoxy) is 3. The summed E-state index contributed by atoms with van der Waals surface area (Å²) in [5.41, 5.74) is 1.54. The second-order valence-electron chi connectivity index (χ2n) is 5.22. The van der Waals surface area contributed by atoms with Crippen LogP contribution in [0.25, 0.3) is 6.08 Å². The number of hydrogen-bond acceptors (Lipinski definition) is 4. The fraction of sp³-hybridized carbons (Fsp3) is 0.167. The molecule has 0 unspecified atom stereocenters. The summed E-state index contributed by atoms with van der Waals surface area (Å²) in [7, 11) is 1.35. The first-order valence-electron chi connectivity index (χ1n) is 7.28. The minimum Gasteiger partial charge on any atom is -0.493 e. The van der Waals surface area contributed by atoms with E-state index in [2.05, 4.69) is 20.7 Å². The highest BCUT2D eigenvalue weighted by atomic mass is 79.9. The molecule has 3 rings (SSSR count). The first-order chi connectivity index (χ1) is 12.0. The number of Topliss-reactive ketones (excluding diaryl/α,β-unsaturated/α-hetero) is 1. The minimum absolute atomic E-state index is 0.0693. The minimum atomic E-state index is -2.94. The number of carbonyl (C=O) groups is 1. The van der Waals surface area contributed by atoms with Gasteiger partial charge in [-0.05, 0) is 42.0 Å². The van der Waals surface area contributed by atoms with Gasteiger partial charge in [0.15, 0.2) is 17.3 Å². The standard InChI is InChI=1S/C18H13BrF2O4/c1-23-16-7-10(2-4-15(16)25-18(20)21)6-11-9-24-14-5-3-12(19)8-13(14)17(11)22/h2-8,18H,9H2,1H3/b11-6+. The van der Waals surface area contributed by atoms with Gasteiger partial charge in [0, 0.05) is 10.0 Å². The van der Waals surface area contributed by atoms with Gasteiger partial charge in [-0.2, -0.15) is 8.78 Å². The smallest absolute Gasteiger partial charge is 0.387 e. The SMILES string of the molecule is COc1cc(/C=C2\COc3ccc(Br)cc3C2=O)ccc1OC(F)F. The maximum Gasteiger partial charge on any atom is 0.387 e. The van der Waals surface area contributed by atoms with E-state index in [0.29, 0.717) is 22.4 Å². The van der Waals surface area contributed by atoms with Gasteiger partial charge in [0.05, 0.1) is 12.7 Å². The molecule has 0 saturated carbocycles. The summed E-state index contributed by atoms with van der Waals surface area (Å²) in [6.07, 6.45) is 1.64. The Morgan fingerprint density at radius 3 is 2.72 bits per heavy atom. The van der Waals surface area contributed by atoms with Crippen molar-refractivity contribution in [3.8, 4) is 17.2 Å². The number of carbonyl (C=O) groups excluding carboxylic acids is 1. The largest absolute Gasteiger partial charge is 0.493 e. The molecule has 130 valence electrons. The van der Waals surface area contributed by atoms with E-state index in [1.807, 2.05) is 0 Å². The van der Waals surface area contributed by atoms with E-state index < -0.39 is 6.61 Å². The molecule has 1 aliphatic heterocycles. The Hall–Kier alpha value is -2.41. The van der Waals surface area contributed by atoms with Crippen molar-refractivity contribution in [1.82, 2.24) is 0 Å². The number of rotatable bonds is 4. The van der Waals surface area contributed by atoms with E-state index in [1.54, 1.807) is 30.3 Å². The quantitative estimate of drug-likeness (QED) is 0.684. The molecular formula is C18H13BrF2O4. The normalized spacial score (nSPS) is 15.1. The lowest BCUT2D eigenvalue weighted by Crippen LogP contribution is -2.19. The van der Waals surface area contributed by atoms with Crippen LogP contribution in [0.15, 0.2) is 46.4 Å². The van der Waals surface area contributed by atoms with Gasteiger partial charge in [0.25, 0.3) is 0 Å². The molecule has 0 atom stereocenters. The number of hydrogen-bond donors (Lipinski definition) is 0. The van der Waals surface area contributed by atoms with Crippen LogP contribution < -0.4 is 14.2 Å². The number of alkyl halides is 2. The molecule has 0 aliphatic carbocycles. The van der Waals surface area contributed by atoms with Gasteiger partial charge in [-0.3, -0.25) is 4.79 Å². The van der Waals surface area contributed by atoms with Crippen LogP contribution in [0.1, 0.15) is 15.9 Å². The monoisotopic (exact) mass is 410 g/mol. The van der Waals surface area contributed by atoms with Crippen molar-refractivity contribution in [3.63, 3.8) is 0 Å². The number of halogens is 3. The second-order valence-corrected chi connectivity index (χ2v) is 6.13. The van der Waals surface area contributed by atoms with Gasteiger partial charge in [-0.25, -0.2) is 0 Å². The third-order valence-electron chi connectivity index (χ3n) is 3.61.